The van der Waals surface area contributed by atoms with Crippen molar-refractivity contribution < 1.29 is 14.3 Å². The zero-order chi connectivity index (χ0) is 17.6. The molecule has 5 nitrogen and oxygen atoms in total. The van der Waals surface area contributed by atoms with Crippen LogP contribution in [0.3, 0.4) is 0 Å². The minimum Gasteiger partial charge on any atom is -0.497 e. The van der Waals surface area contributed by atoms with Crippen molar-refractivity contribution in [3.63, 3.8) is 0 Å². The molecule has 3 rings (SSSR count). The SMILES string of the molecule is COc1ccc(NC(=O)[C@@H](c2ccccc2Cl)N2CCOCC2)cc1. The number of carbonyl (C=O) groups excluding carboxylic acids is 1. The number of hydrogen-bond acceptors (Lipinski definition) is 4. The van der Waals surface area contributed by atoms with Crippen LogP contribution in [0.25, 0.3) is 0 Å². The van der Waals surface area contributed by atoms with Gasteiger partial charge in [0.15, 0.2) is 0 Å². The summed E-state index contributed by atoms with van der Waals surface area (Å²) in [6, 6.07) is 14.3. The molecular formula is C19H21ClN2O3. The molecule has 2 aromatic rings. The van der Waals surface area contributed by atoms with Gasteiger partial charge in [-0.05, 0) is 35.9 Å². The van der Waals surface area contributed by atoms with Crippen LogP contribution in [0.15, 0.2) is 48.5 Å². The van der Waals surface area contributed by atoms with Crippen molar-refractivity contribution in [2.75, 3.05) is 38.7 Å². The molecule has 25 heavy (non-hydrogen) atoms. The number of hydrogen-bond donors (Lipinski definition) is 1. The van der Waals surface area contributed by atoms with Crippen LogP contribution in [-0.2, 0) is 9.53 Å². The Morgan fingerprint density at radius 1 is 1.16 bits per heavy atom. The molecule has 0 bridgehead atoms. The van der Waals surface area contributed by atoms with Gasteiger partial charge >= 0.3 is 0 Å². The summed E-state index contributed by atoms with van der Waals surface area (Å²) in [5, 5.41) is 3.57. The number of methoxy groups -OCH3 is 1. The average Bonchev–Trinajstić information content (AvgIpc) is 2.65. The second-order valence-corrected chi connectivity index (χ2v) is 6.20. The second-order valence-electron chi connectivity index (χ2n) is 5.79. The molecule has 6 heteroatoms. The van der Waals surface area contributed by atoms with Crippen molar-refractivity contribution in [2.24, 2.45) is 0 Å². The molecule has 1 heterocycles. The number of amides is 1. The number of morpholine rings is 1. The van der Waals surface area contributed by atoms with Crippen LogP contribution in [0, 0.1) is 0 Å². The summed E-state index contributed by atoms with van der Waals surface area (Å²) in [6.07, 6.45) is 0. The summed E-state index contributed by atoms with van der Waals surface area (Å²) in [7, 11) is 1.61. The number of anilines is 1. The van der Waals surface area contributed by atoms with Gasteiger partial charge in [-0.15, -0.1) is 0 Å². The standard InChI is InChI=1S/C19H21ClN2O3/c1-24-15-8-6-14(7-9-15)21-19(23)18(22-10-12-25-13-11-22)16-4-2-3-5-17(16)20/h2-9,18H,10-13H2,1H3,(H,21,23)/t18-/m1/s1. The molecule has 1 amide bonds. The molecule has 1 aliphatic rings. The van der Waals surface area contributed by atoms with Crippen molar-refractivity contribution >= 4 is 23.2 Å². The number of ether oxygens (including phenoxy) is 2. The molecule has 0 spiro atoms. The van der Waals surface area contributed by atoms with Crippen molar-refractivity contribution in [1.29, 1.82) is 0 Å². The molecule has 1 fully saturated rings. The van der Waals surface area contributed by atoms with Gasteiger partial charge in [0.2, 0.25) is 5.91 Å². The fraction of sp³-hybridized carbons (Fsp3) is 0.316. The Labute approximate surface area is 152 Å². The van der Waals surface area contributed by atoms with E-state index in [0.29, 0.717) is 31.3 Å². The van der Waals surface area contributed by atoms with E-state index >= 15 is 0 Å². The highest BCUT2D eigenvalue weighted by molar-refractivity contribution is 6.31. The fourth-order valence-electron chi connectivity index (χ4n) is 2.92. The maximum atomic E-state index is 13.0. The fourth-order valence-corrected chi connectivity index (χ4v) is 3.16. The molecular weight excluding hydrogens is 340 g/mol. The summed E-state index contributed by atoms with van der Waals surface area (Å²) >= 11 is 6.37. The van der Waals surface area contributed by atoms with Gasteiger partial charge in [0.1, 0.15) is 11.8 Å². The van der Waals surface area contributed by atoms with E-state index in [-0.39, 0.29) is 5.91 Å². The van der Waals surface area contributed by atoms with Crippen LogP contribution in [0.5, 0.6) is 5.75 Å². The number of halogens is 1. The number of nitrogens with one attached hydrogen (secondary N) is 1. The lowest BCUT2D eigenvalue weighted by atomic mass is 10.0. The van der Waals surface area contributed by atoms with E-state index in [2.05, 4.69) is 10.2 Å². The van der Waals surface area contributed by atoms with Crippen LogP contribution in [-0.4, -0.2) is 44.2 Å². The first-order valence-corrected chi connectivity index (χ1v) is 8.58. The van der Waals surface area contributed by atoms with Crippen LogP contribution in [0.4, 0.5) is 5.69 Å². The number of nitrogens with zero attached hydrogens (tertiary/aromatic N) is 1. The lowest BCUT2D eigenvalue weighted by Crippen LogP contribution is -2.44. The summed E-state index contributed by atoms with van der Waals surface area (Å²) in [5.41, 5.74) is 1.52. The van der Waals surface area contributed by atoms with Crippen molar-refractivity contribution in [3.8, 4) is 5.75 Å². The van der Waals surface area contributed by atoms with E-state index in [1.54, 1.807) is 7.11 Å². The molecule has 1 N–H and O–H groups in total. The number of carbonyl (C=O) groups is 1. The monoisotopic (exact) mass is 360 g/mol. The normalized spacial score (nSPS) is 16.2. The molecule has 0 radical (unpaired) electrons. The van der Waals surface area contributed by atoms with Gasteiger partial charge in [-0.25, -0.2) is 0 Å². The minimum absolute atomic E-state index is 0.111. The molecule has 1 saturated heterocycles. The number of benzene rings is 2. The summed E-state index contributed by atoms with van der Waals surface area (Å²) in [5.74, 6) is 0.633. The van der Waals surface area contributed by atoms with Crippen LogP contribution < -0.4 is 10.1 Å². The Morgan fingerprint density at radius 2 is 1.84 bits per heavy atom. The van der Waals surface area contributed by atoms with Crippen LogP contribution >= 0.6 is 11.6 Å². The lowest BCUT2D eigenvalue weighted by molar-refractivity contribution is -0.123. The second kappa shape index (κ2) is 8.34. The van der Waals surface area contributed by atoms with Gasteiger partial charge in [-0.3, -0.25) is 9.69 Å². The topological polar surface area (TPSA) is 50.8 Å². The predicted octanol–water partition coefficient (Wildman–Crippen LogP) is 3.36. The van der Waals surface area contributed by atoms with Crippen LogP contribution in [0.1, 0.15) is 11.6 Å². The highest BCUT2D eigenvalue weighted by Gasteiger charge is 2.30. The molecule has 1 aliphatic heterocycles. The van der Waals surface area contributed by atoms with Gasteiger partial charge in [0.25, 0.3) is 0 Å². The smallest absolute Gasteiger partial charge is 0.246 e. The zero-order valence-electron chi connectivity index (χ0n) is 14.1. The van der Waals surface area contributed by atoms with Crippen LogP contribution in [0.2, 0.25) is 5.02 Å². The quantitative estimate of drug-likeness (QED) is 0.888. The Kier molecular flexibility index (Phi) is 5.91. The summed E-state index contributed by atoms with van der Waals surface area (Å²) < 4.78 is 10.6. The highest BCUT2D eigenvalue weighted by atomic mass is 35.5. The van der Waals surface area contributed by atoms with Crippen molar-refractivity contribution in [2.45, 2.75) is 6.04 Å². The largest absolute Gasteiger partial charge is 0.497 e. The van der Waals surface area contributed by atoms with E-state index in [1.165, 1.54) is 0 Å². The van der Waals surface area contributed by atoms with E-state index in [9.17, 15) is 4.79 Å². The van der Waals surface area contributed by atoms with Gasteiger partial charge in [-0.2, -0.15) is 0 Å². The Hall–Kier alpha value is -2.08. The third-order valence-corrected chi connectivity index (χ3v) is 4.56. The number of rotatable bonds is 5. The summed E-state index contributed by atoms with van der Waals surface area (Å²) in [4.78, 5) is 15.1. The third-order valence-electron chi connectivity index (χ3n) is 4.22. The van der Waals surface area contributed by atoms with E-state index < -0.39 is 6.04 Å². The third kappa shape index (κ3) is 4.31. The first-order valence-electron chi connectivity index (χ1n) is 8.20. The summed E-state index contributed by atoms with van der Waals surface area (Å²) in [6.45, 7) is 2.59. The Bertz CT molecular complexity index is 715. The highest BCUT2D eigenvalue weighted by Crippen LogP contribution is 2.29. The van der Waals surface area contributed by atoms with Gasteiger partial charge in [-0.1, -0.05) is 29.8 Å². The lowest BCUT2D eigenvalue weighted by Gasteiger charge is -2.34. The van der Waals surface area contributed by atoms with Gasteiger partial charge in [0.05, 0.1) is 20.3 Å². The van der Waals surface area contributed by atoms with Crippen molar-refractivity contribution in [1.82, 2.24) is 4.90 Å². The Balaban J connectivity index is 1.84. The predicted molar refractivity (Wildman–Crippen MR) is 98.2 cm³/mol. The minimum atomic E-state index is -0.459. The maximum absolute atomic E-state index is 13.0. The van der Waals surface area contributed by atoms with Gasteiger partial charge in [0, 0.05) is 23.8 Å². The molecule has 0 unspecified atom stereocenters. The first kappa shape index (κ1) is 17.7. The maximum Gasteiger partial charge on any atom is 0.246 e. The molecule has 0 aromatic heterocycles. The first-order chi connectivity index (χ1) is 12.2. The molecule has 132 valence electrons. The average molecular weight is 361 g/mol. The van der Waals surface area contributed by atoms with Gasteiger partial charge < -0.3 is 14.8 Å². The zero-order valence-corrected chi connectivity index (χ0v) is 14.8. The van der Waals surface area contributed by atoms with Crippen molar-refractivity contribution in [3.05, 3.63) is 59.1 Å². The van der Waals surface area contributed by atoms with E-state index in [1.807, 2.05) is 48.5 Å². The Morgan fingerprint density at radius 3 is 2.48 bits per heavy atom. The molecule has 2 aromatic carbocycles. The molecule has 0 aliphatic carbocycles. The molecule has 0 saturated carbocycles. The van der Waals surface area contributed by atoms with E-state index in [4.69, 9.17) is 21.1 Å². The van der Waals surface area contributed by atoms with E-state index in [0.717, 1.165) is 17.0 Å². The molecule has 1 atom stereocenters.